The highest BCUT2D eigenvalue weighted by Gasteiger charge is 1.98. The molecule has 74 valence electrons. The van der Waals surface area contributed by atoms with Gasteiger partial charge in [0.1, 0.15) is 0 Å². The Morgan fingerprint density at radius 1 is 1.46 bits per heavy atom. The summed E-state index contributed by atoms with van der Waals surface area (Å²) in [6.45, 7) is 0. The number of rotatable bonds is 7. The zero-order chi connectivity index (χ0) is 9.94. The molecule has 0 N–H and O–H groups in total. The van der Waals surface area contributed by atoms with Gasteiger partial charge in [0, 0.05) is 12.2 Å². The van der Waals surface area contributed by atoms with Crippen molar-refractivity contribution in [2.75, 3.05) is 18.6 Å². The van der Waals surface area contributed by atoms with Crippen molar-refractivity contribution < 1.29 is 9.53 Å². The third-order valence-electron chi connectivity index (χ3n) is 1.51. The predicted octanol–water partition coefficient (Wildman–Crippen LogP) is 1.98. The van der Waals surface area contributed by atoms with E-state index in [1.165, 1.54) is 7.11 Å². The molecule has 0 saturated heterocycles. The van der Waals surface area contributed by atoms with Gasteiger partial charge in [-0.25, -0.2) is 0 Å². The van der Waals surface area contributed by atoms with Crippen LogP contribution in [0.3, 0.4) is 0 Å². The lowest BCUT2D eigenvalue weighted by Crippen LogP contribution is -2.01. The topological polar surface area (TPSA) is 50.1 Å². The van der Waals surface area contributed by atoms with Gasteiger partial charge in [-0.1, -0.05) is 0 Å². The molecule has 0 rings (SSSR count). The van der Waals surface area contributed by atoms with E-state index < -0.39 is 0 Å². The molecular formula is C9H15NO2S. The summed E-state index contributed by atoms with van der Waals surface area (Å²) in [7, 11) is 1.40. The molecule has 0 aliphatic rings. The van der Waals surface area contributed by atoms with E-state index in [-0.39, 0.29) is 5.97 Å². The van der Waals surface area contributed by atoms with Gasteiger partial charge in [0.25, 0.3) is 0 Å². The Labute approximate surface area is 83.4 Å². The maximum absolute atomic E-state index is 10.7. The van der Waals surface area contributed by atoms with Crippen molar-refractivity contribution >= 4 is 17.7 Å². The highest BCUT2D eigenvalue weighted by Crippen LogP contribution is 2.07. The molecule has 0 spiro atoms. The number of nitrogens with zero attached hydrogens (tertiary/aromatic N) is 1. The highest BCUT2D eigenvalue weighted by molar-refractivity contribution is 7.99. The lowest BCUT2D eigenvalue weighted by atomic mass is 10.3. The van der Waals surface area contributed by atoms with Crippen LogP contribution in [-0.2, 0) is 9.53 Å². The molecule has 0 aromatic heterocycles. The minimum absolute atomic E-state index is 0.149. The summed E-state index contributed by atoms with van der Waals surface area (Å²) >= 11 is 1.74. The molecule has 3 nitrogen and oxygen atoms in total. The van der Waals surface area contributed by atoms with Crippen molar-refractivity contribution in [1.82, 2.24) is 0 Å². The molecule has 0 radical (unpaired) electrons. The monoisotopic (exact) mass is 201 g/mol. The van der Waals surface area contributed by atoms with Crippen molar-refractivity contribution in [3.63, 3.8) is 0 Å². The summed E-state index contributed by atoms with van der Waals surface area (Å²) in [6, 6.07) is 2.10. The van der Waals surface area contributed by atoms with Crippen molar-refractivity contribution in [2.24, 2.45) is 0 Å². The minimum atomic E-state index is -0.149. The van der Waals surface area contributed by atoms with E-state index in [4.69, 9.17) is 5.26 Å². The second-order valence-corrected chi connectivity index (χ2v) is 3.78. The highest BCUT2D eigenvalue weighted by atomic mass is 32.2. The smallest absolute Gasteiger partial charge is 0.306 e. The fourth-order valence-corrected chi connectivity index (χ4v) is 1.69. The first-order valence-electron chi connectivity index (χ1n) is 4.32. The number of carbonyl (C=O) groups is 1. The maximum Gasteiger partial charge on any atom is 0.306 e. The molecule has 0 unspecified atom stereocenters. The third-order valence-corrected chi connectivity index (χ3v) is 2.58. The molecule has 0 amide bonds. The van der Waals surface area contributed by atoms with Crippen LogP contribution in [0.15, 0.2) is 0 Å². The van der Waals surface area contributed by atoms with E-state index in [9.17, 15) is 4.79 Å². The van der Waals surface area contributed by atoms with Gasteiger partial charge in [-0.15, -0.1) is 0 Å². The van der Waals surface area contributed by atoms with E-state index in [2.05, 4.69) is 10.8 Å². The van der Waals surface area contributed by atoms with Crippen LogP contribution < -0.4 is 0 Å². The average Bonchev–Trinajstić information content (AvgIpc) is 2.16. The van der Waals surface area contributed by atoms with E-state index in [0.717, 1.165) is 24.3 Å². The Morgan fingerprint density at radius 3 is 2.85 bits per heavy atom. The first kappa shape index (κ1) is 12.3. The molecule has 0 aromatic carbocycles. The van der Waals surface area contributed by atoms with Crippen LogP contribution in [0.4, 0.5) is 0 Å². The second-order valence-electron chi connectivity index (χ2n) is 2.55. The number of hydrogen-bond acceptors (Lipinski definition) is 4. The standard InChI is InChI=1S/C9H15NO2S/c1-12-9(11)5-8-13-7-4-2-3-6-10/h2-5,7-8H2,1H3. The van der Waals surface area contributed by atoms with E-state index in [1.807, 2.05) is 0 Å². The molecular weight excluding hydrogens is 186 g/mol. The minimum Gasteiger partial charge on any atom is -0.469 e. The summed E-state index contributed by atoms with van der Waals surface area (Å²) in [5.74, 6) is 1.70. The zero-order valence-corrected chi connectivity index (χ0v) is 8.73. The average molecular weight is 201 g/mol. The van der Waals surface area contributed by atoms with Crippen molar-refractivity contribution in [2.45, 2.75) is 25.7 Å². The van der Waals surface area contributed by atoms with Crippen molar-refractivity contribution in [3.05, 3.63) is 0 Å². The van der Waals surface area contributed by atoms with Crippen LogP contribution in [0.5, 0.6) is 0 Å². The summed E-state index contributed by atoms with van der Waals surface area (Å²) in [5, 5.41) is 8.26. The van der Waals surface area contributed by atoms with Crippen LogP contribution in [0, 0.1) is 11.3 Å². The number of thioether (sulfide) groups is 1. The fraction of sp³-hybridized carbons (Fsp3) is 0.778. The molecule has 4 heteroatoms. The summed E-state index contributed by atoms with van der Waals surface area (Å²) in [6.07, 6.45) is 3.14. The molecule has 13 heavy (non-hydrogen) atoms. The quantitative estimate of drug-likeness (QED) is 0.467. The van der Waals surface area contributed by atoms with Crippen LogP contribution in [0.1, 0.15) is 25.7 Å². The lowest BCUT2D eigenvalue weighted by molar-refractivity contribution is -0.140. The molecule has 0 aliphatic carbocycles. The van der Waals surface area contributed by atoms with E-state index >= 15 is 0 Å². The number of methoxy groups -OCH3 is 1. The maximum atomic E-state index is 10.7. The number of unbranched alkanes of at least 4 members (excludes halogenated alkanes) is 2. The van der Waals surface area contributed by atoms with Crippen molar-refractivity contribution in [3.8, 4) is 6.07 Å². The number of carbonyl (C=O) groups excluding carboxylic acids is 1. The number of hydrogen-bond donors (Lipinski definition) is 0. The Kier molecular flexibility index (Phi) is 8.90. The second kappa shape index (κ2) is 9.40. The summed E-state index contributed by atoms with van der Waals surface area (Å²) < 4.78 is 4.50. The molecule has 0 fully saturated rings. The summed E-state index contributed by atoms with van der Waals surface area (Å²) in [5.41, 5.74) is 0. The molecule has 0 saturated carbocycles. The third kappa shape index (κ3) is 9.22. The predicted molar refractivity (Wildman–Crippen MR) is 53.4 cm³/mol. The van der Waals surface area contributed by atoms with Gasteiger partial charge >= 0.3 is 5.97 Å². The van der Waals surface area contributed by atoms with Gasteiger partial charge in [0.05, 0.1) is 19.6 Å². The van der Waals surface area contributed by atoms with Gasteiger partial charge in [-0.05, 0) is 18.6 Å². The van der Waals surface area contributed by atoms with E-state index in [1.54, 1.807) is 11.8 Å². The molecule has 0 aromatic rings. The SMILES string of the molecule is COC(=O)CCSCCCCC#N. The van der Waals surface area contributed by atoms with Crippen molar-refractivity contribution in [1.29, 1.82) is 5.26 Å². The van der Waals surface area contributed by atoms with Gasteiger partial charge in [-0.3, -0.25) is 4.79 Å². The fourth-order valence-electron chi connectivity index (χ4n) is 0.768. The molecule has 0 aliphatic heterocycles. The van der Waals surface area contributed by atoms with Crippen LogP contribution in [0.25, 0.3) is 0 Å². The molecule has 0 heterocycles. The van der Waals surface area contributed by atoms with Gasteiger partial charge < -0.3 is 4.74 Å². The largest absolute Gasteiger partial charge is 0.469 e. The Hall–Kier alpha value is -0.690. The van der Waals surface area contributed by atoms with Crippen LogP contribution in [0.2, 0.25) is 0 Å². The first-order valence-corrected chi connectivity index (χ1v) is 5.48. The normalized spacial score (nSPS) is 9.23. The zero-order valence-electron chi connectivity index (χ0n) is 7.91. The molecule has 0 atom stereocenters. The lowest BCUT2D eigenvalue weighted by Gasteiger charge is -1.99. The van der Waals surface area contributed by atoms with Gasteiger partial charge in [0.15, 0.2) is 0 Å². The van der Waals surface area contributed by atoms with Gasteiger partial charge in [0.2, 0.25) is 0 Å². The first-order chi connectivity index (χ1) is 6.31. The summed E-state index contributed by atoms with van der Waals surface area (Å²) in [4.78, 5) is 10.7. The van der Waals surface area contributed by atoms with E-state index in [0.29, 0.717) is 12.8 Å². The van der Waals surface area contributed by atoms with Crippen LogP contribution >= 0.6 is 11.8 Å². The Bertz CT molecular complexity index is 177. The Morgan fingerprint density at radius 2 is 2.23 bits per heavy atom. The number of ether oxygens (including phenoxy) is 1. The van der Waals surface area contributed by atoms with Gasteiger partial charge in [-0.2, -0.15) is 17.0 Å². The Balaban J connectivity index is 3.00. The molecule has 0 bridgehead atoms. The number of nitriles is 1. The van der Waals surface area contributed by atoms with Crippen LogP contribution in [-0.4, -0.2) is 24.6 Å². The number of esters is 1.